The Labute approximate surface area is 184 Å². The first-order chi connectivity index (χ1) is 15.6. The van der Waals surface area contributed by atoms with Gasteiger partial charge in [0.25, 0.3) is 5.91 Å². The Hall–Kier alpha value is -3.52. The van der Waals surface area contributed by atoms with Crippen molar-refractivity contribution in [2.45, 2.75) is 13.2 Å². The molecule has 166 valence electrons. The maximum absolute atomic E-state index is 13.0. The van der Waals surface area contributed by atoms with Crippen LogP contribution in [0.5, 0.6) is 17.2 Å². The second-order valence-corrected chi connectivity index (χ2v) is 7.76. The van der Waals surface area contributed by atoms with Gasteiger partial charge in [0.2, 0.25) is 6.79 Å². The molecule has 0 radical (unpaired) electrons. The first-order valence-corrected chi connectivity index (χ1v) is 10.5. The number of ether oxygens (including phenoxy) is 3. The van der Waals surface area contributed by atoms with Gasteiger partial charge < -0.3 is 23.5 Å². The molecule has 2 aliphatic rings. The highest BCUT2D eigenvalue weighted by molar-refractivity contribution is 5.91. The van der Waals surface area contributed by atoms with Gasteiger partial charge >= 0.3 is 0 Å². The maximum atomic E-state index is 13.0. The van der Waals surface area contributed by atoms with E-state index in [1.54, 1.807) is 29.2 Å². The molecule has 0 N–H and O–H groups in total. The lowest BCUT2D eigenvalue weighted by Gasteiger charge is -2.34. The van der Waals surface area contributed by atoms with Crippen molar-refractivity contribution in [2.75, 3.05) is 33.0 Å². The zero-order chi connectivity index (χ0) is 21.9. The van der Waals surface area contributed by atoms with E-state index in [9.17, 15) is 9.18 Å². The van der Waals surface area contributed by atoms with Crippen LogP contribution < -0.4 is 14.2 Å². The highest BCUT2D eigenvalue weighted by atomic mass is 19.1. The number of benzene rings is 2. The topological polar surface area (TPSA) is 64.4 Å². The molecule has 0 atom stereocenters. The molecule has 5 rings (SSSR count). The summed E-state index contributed by atoms with van der Waals surface area (Å²) in [7, 11) is 0. The maximum Gasteiger partial charge on any atom is 0.289 e. The van der Waals surface area contributed by atoms with Crippen molar-refractivity contribution in [3.63, 3.8) is 0 Å². The lowest BCUT2D eigenvalue weighted by molar-refractivity contribution is 0.0594. The predicted molar refractivity (Wildman–Crippen MR) is 113 cm³/mol. The lowest BCUT2D eigenvalue weighted by atomic mass is 10.1. The lowest BCUT2D eigenvalue weighted by Crippen LogP contribution is -2.48. The van der Waals surface area contributed by atoms with Crippen LogP contribution in [0.15, 0.2) is 59.0 Å². The number of carbonyl (C=O) groups excluding carboxylic acids is 1. The van der Waals surface area contributed by atoms with E-state index < -0.39 is 0 Å². The number of amides is 1. The Morgan fingerprint density at radius 3 is 2.53 bits per heavy atom. The molecule has 3 heterocycles. The van der Waals surface area contributed by atoms with Crippen molar-refractivity contribution in [1.82, 2.24) is 9.80 Å². The third-order valence-corrected chi connectivity index (χ3v) is 5.57. The summed E-state index contributed by atoms with van der Waals surface area (Å²) in [4.78, 5) is 16.9. The van der Waals surface area contributed by atoms with Gasteiger partial charge in [-0.2, -0.15) is 0 Å². The summed E-state index contributed by atoms with van der Waals surface area (Å²) in [6.45, 7) is 4.05. The fourth-order valence-electron chi connectivity index (χ4n) is 3.82. The molecule has 0 spiro atoms. The van der Waals surface area contributed by atoms with Gasteiger partial charge in [-0.3, -0.25) is 9.69 Å². The highest BCUT2D eigenvalue weighted by Gasteiger charge is 2.25. The van der Waals surface area contributed by atoms with Crippen molar-refractivity contribution in [3.8, 4) is 17.2 Å². The first kappa shape index (κ1) is 20.4. The van der Waals surface area contributed by atoms with E-state index in [-0.39, 0.29) is 25.1 Å². The first-order valence-electron chi connectivity index (χ1n) is 10.5. The number of halogens is 1. The zero-order valence-corrected chi connectivity index (χ0v) is 17.5. The van der Waals surface area contributed by atoms with E-state index in [2.05, 4.69) is 4.90 Å². The predicted octanol–water partition coefficient (Wildman–Crippen LogP) is 3.68. The number of nitrogens with zero attached hydrogens (tertiary/aromatic N) is 2. The third kappa shape index (κ3) is 4.55. The van der Waals surface area contributed by atoms with Gasteiger partial charge in [-0.15, -0.1) is 0 Å². The number of carbonyl (C=O) groups is 1. The van der Waals surface area contributed by atoms with Crippen molar-refractivity contribution in [1.29, 1.82) is 0 Å². The molecular formula is C24H23FN2O5. The molecule has 0 unspecified atom stereocenters. The molecular weight excluding hydrogens is 415 g/mol. The third-order valence-electron chi connectivity index (χ3n) is 5.57. The molecule has 2 aromatic carbocycles. The molecule has 32 heavy (non-hydrogen) atoms. The molecule has 0 aliphatic carbocycles. The quantitative estimate of drug-likeness (QED) is 0.585. The average molecular weight is 438 g/mol. The standard InChI is InChI=1S/C24H23FN2O5/c25-18-2-4-19(5-3-18)29-15-20-6-8-22(32-20)24(28)27-11-9-26(10-12-27)14-17-1-7-21-23(13-17)31-16-30-21/h1-8,13H,9-12,14-16H2. The van der Waals surface area contributed by atoms with Crippen molar-refractivity contribution in [2.24, 2.45) is 0 Å². The minimum Gasteiger partial charge on any atom is -0.486 e. The molecule has 1 fully saturated rings. The van der Waals surface area contributed by atoms with Crippen molar-refractivity contribution < 1.29 is 27.8 Å². The second-order valence-electron chi connectivity index (χ2n) is 7.76. The Kier molecular flexibility index (Phi) is 5.68. The summed E-state index contributed by atoms with van der Waals surface area (Å²) in [6.07, 6.45) is 0. The van der Waals surface area contributed by atoms with Crippen molar-refractivity contribution >= 4 is 5.91 Å². The molecule has 2 aliphatic heterocycles. The van der Waals surface area contributed by atoms with E-state index in [0.29, 0.717) is 30.4 Å². The smallest absolute Gasteiger partial charge is 0.289 e. The fraction of sp³-hybridized carbons (Fsp3) is 0.292. The molecule has 7 nitrogen and oxygen atoms in total. The molecule has 0 bridgehead atoms. The van der Waals surface area contributed by atoms with Crippen LogP contribution in [0.1, 0.15) is 21.9 Å². The molecule has 1 aromatic heterocycles. The van der Waals surface area contributed by atoms with Crippen LogP contribution in [0.3, 0.4) is 0 Å². The van der Waals surface area contributed by atoms with E-state index in [1.165, 1.54) is 12.1 Å². The minimum atomic E-state index is -0.320. The molecule has 0 saturated carbocycles. The number of furan rings is 1. The van der Waals surface area contributed by atoms with Crippen molar-refractivity contribution in [3.05, 3.63) is 77.5 Å². The summed E-state index contributed by atoms with van der Waals surface area (Å²) in [6, 6.07) is 15.2. The molecule has 1 amide bonds. The highest BCUT2D eigenvalue weighted by Crippen LogP contribution is 2.32. The Morgan fingerprint density at radius 1 is 0.938 bits per heavy atom. The van der Waals surface area contributed by atoms with Gasteiger partial charge in [0.1, 0.15) is 23.9 Å². The number of hydrogen-bond donors (Lipinski definition) is 0. The summed E-state index contributed by atoms with van der Waals surface area (Å²) in [5.74, 6) is 2.50. The van der Waals surface area contributed by atoms with Gasteiger partial charge in [0.05, 0.1) is 0 Å². The normalized spacial score (nSPS) is 15.7. The Morgan fingerprint density at radius 2 is 1.72 bits per heavy atom. The van der Waals surface area contributed by atoms with E-state index in [4.69, 9.17) is 18.6 Å². The largest absolute Gasteiger partial charge is 0.486 e. The van der Waals surface area contributed by atoms with Gasteiger partial charge in [0, 0.05) is 32.7 Å². The molecule has 8 heteroatoms. The van der Waals surface area contributed by atoms with Gasteiger partial charge in [-0.25, -0.2) is 4.39 Å². The summed E-state index contributed by atoms with van der Waals surface area (Å²) in [5, 5.41) is 0. The Balaban J connectivity index is 1.11. The summed E-state index contributed by atoms with van der Waals surface area (Å²) < 4.78 is 35.0. The summed E-state index contributed by atoms with van der Waals surface area (Å²) in [5.41, 5.74) is 1.16. The van der Waals surface area contributed by atoms with Crippen LogP contribution in [0.4, 0.5) is 4.39 Å². The van der Waals surface area contributed by atoms with Gasteiger partial charge in [-0.1, -0.05) is 6.07 Å². The van der Waals surface area contributed by atoms with Crippen LogP contribution >= 0.6 is 0 Å². The van der Waals surface area contributed by atoms with E-state index >= 15 is 0 Å². The monoisotopic (exact) mass is 438 g/mol. The van der Waals surface area contributed by atoms with E-state index in [0.717, 1.165) is 36.7 Å². The van der Waals surface area contributed by atoms with Crippen LogP contribution in [-0.4, -0.2) is 48.7 Å². The zero-order valence-electron chi connectivity index (χ0n) is 17.5. The van der Waals surface area contributed by atoms with Gasteiger partial charge in [0.15, 0.2) is 17.3 Å². The number of rotatable bonds is 6. The minimum absolute atomic E-state index is 0.124. The van der Waals surface area contributed by atoms with E-state index in [1.807, 2.05) is 18.2 Å². The second kappa shape index (κ2) is 8.92. The van der Waals surface area contributed by atoms with Crippen LogP contribution in [-0.2, 0) is 13.2 Å². The number of hydrogen-bond acceptors (Lipinski definition) is 6. The van der Waals surface area contributed by atoms with Crippen LogP contribution in [0.2, 0.25) is 0 Å². The SMILES string of the molecule is O=C(c1ccc(COc2ccc(F)cc2)o1)N1CCN(Cc2ccc3c(c2)OCO3)CC1. The number of piperazine rings is 1. The fourth-order valence-corrected chi connectivity index (χ4v) is 3.82. The Bertz CT molecular complexity index is 1090. The molecule has 3 aromatic rings. The van der Waals surface area contributed by atoms with Crippen LogP contribution in [0.25, 0.3) is 0 Å². The van der Waals surface area contributed by atoms with Gasteiger partial charge in [-0.05, 0) is 54.1 Å². The van der Waals surface area contributed by atoms with Crippen LogP contribution in [0, 0.1) is 5.82 Å². The number of fused-ring (bicyclic) bond motifs is 1. The summed E-state index contributed by atoms with van der Waals surface area (Å²) >= 11 is 0. The average Bonchev–Trinajstić information content (AvgIpc) is 3.48. The molecule has 1 saturated heterocycles.